The highest BCUT2D eigenvalue weighted by Crippen LogP contribution is 2.78. The number of hydrogen-bond donors (Lipinski definition) is 3. The van der Waals surface area contributed by atoms with Crippen molar-refractivity contribution in [2.75, 3.05) is 19.6 Å². The van der Waals surface area contributed by atoms with E-state index in [1.807, 2.05) is 54.6 Å². The molecule has 1 unspecified atom stereocenters. The maximum absolute atomic E-state index is 14.6. The molecule has 3 saturated carbocycles. The predicted octanol–water partition coefficient (Wildman–Crippen LogP) is 7.10. The molecule has 2 spiro atoms. The molecule has 46 heavy (non-hydrogen) atoms. The number of aliphatic hydroxyl groups is 3. The lowest BCUT2D eigenvalue weighted by atomic mass is 9.32. The largest absolute Gasteiger partial charge is 0.393 e. The molecule has 1 aliphatic heterocycles. The number of fused-ring (bicyclic) bond motifs is 1. The Bertz CT molecular complexity index is 1600. The molecule has 6 heteroatoms. The summed E-state index contributed by atoms with van der Waals surface area (Å²) in [6.07, 6.45) is 13.8. The molecule has 0 radical (unpaired) electrons. The quantitative estimate of drug-likeness (QED) is 0.240. The zero-order valence-corrected chi connectivity index (χ0v) is 28.0. The van der Waals surface area contributed by atoms with Crippen LogP contribution in [0.3, 0.4) is 0 Å². The van der Waals surface area contributed by atoms with Gasteiger partial charge in [0.2, 0.25) is 0 Å². The fourth-order valence-corrected chi connectivity index (χ4v) is 12.0. The summed E-state index contributed by atoms with van der Waals surface area (Å²) in [5.74, 6) is 0.528. The van der Waals surface area contributed by atoms with E-state index in [4.69, 9.17) is 11.6 Å². The molecule has 2 aromatic rings. The highest BCUT2D eigenvalue weighted by molar-refractivity contribution is 6.30. The number of ketones is 1. The van der Waals surface area contributed by atoms with Crippen molar-refractivity contribution in [3.63, 3.8) is 0 Å². The van der Waals surface area contributed by atoms with Gasteiger partial charge in [-0.1, -0.05) is 86.1 Å². The van der Waals surface area contributed by atoms with Crippen molar-refractivity contribution in [1.29, 1.82) is 0 Å². The van der Waals surface area contributed by atoms with Crippen molar-refractivity contribution in [3.05, 3.63) is 94.5 Å². The van der Waals surface area contributed by atoms with E-state index in [1.165, 1.54) is 0 Å². The van der Waals surface area contributed by atoms with Crippen LogP contribution in [0.25, 0.3) is 0 Å². The van der Waals surface area contributed by atoms with Gasteiger partial charge in [0.15, 0.2) is 5.78 Å². The molecule has 8 atom stereocenters. The number of rotatable bonds is 5. The fraction of sp³-hybridized carbons (Fsp3) is 0.575. The summed E-state index contributed by atoms with van der Waals surface area (Å²) in [5, 5.41) is 35.9. The third kappa shape index (κ3) is 4.11. The first-order valence-electron chi connectivity index (χ1n) is 17.5. The van der Waals surface area contributed by atoms with Crippen LogP contribution < -0.4 is 0 Å². The SMILES string of the molecule is C[C@]12CC[C@H]3[C@]4(C=C[C@@]5(C=C4C(=O)c4ccccc4)CC(O)CC[C@]35C)[C@@H]1CC[C@@]2(O)CN1CCC(O)(c2ccc(Cl)cc2)CC1. The minimum Gasteiger partial charge on any atom is -0.393 e. The van der Waals surface area contributed by atoms with Gasteiger partial charge in [-0.2, -0.15) is 0 Å². The first kappa shape index (κ1) is 31.0. The molecular weight excluding hydrogens is 594 g/mol. The topological polar surface area (TPSA) is 81.0 Å². The third-order valence-electron chi connectivity index (χ3n) is 14.5. The van der Waals surface area contributed by atoms with Crippen LogP contribution in [0.4, 0.5) is 0 Å². The van der Waals surface area contributed by atoms with E-state index in [2.05, 4.69) is 37.0 Å². The van der Waals surface area contributed by atoms with Gasteiger partial charge in [-0.15, -0.1) is 0 Å². The Labute approximate surface area is 278 Å². The number of carbonyl (C=O) groups excluding carboxylic acids is 1. The van der Waals surface area contributed by atoms with Gasteiger partial charge in [-0.3, -0.25) is 4.79 Å². The molecule has 7 aliphatic rings. The van der Waals surface area contributed by atoms with Crippen molar-refractivity contribution in [2.45, 2.75) is 88.9 Å². The Balaban J connectivity index is 1.13. The van der Waals surface area contributed by atoms with E-state index in [0.29, 0.717) is 37.3 Å². The molecule has 2 bridgehead atoms. The van der Waals surface area contributed by atoms with Gasteiger partial charge in [-0.25, -0.2) is 0 Å². The average molecular weight is 642 g/mol. The molecule has 6 aliphatic carbocycles. The number of Topliss-reactive ketones (excluding diaryl/α,β-unsaturated/α-hetero) is 1. The van der Waals surface area contributed by atoms with E-state index >= 15 is 0 Å². The van der Waals surface area contributed by atoms with E-state index in [9.17, 15) is 20.1 Å². The monoisotopic (exact) mass is 641 g/mol. The number of carbonyl (C=O) groups is 1. The number of likely N-dealkylation sites (tertiary alicyclic amines) is 1. The van der Waals surface area contributed by atoms with E-state index in [-0.39, 0.29) is 40.0 Å². The molecule has 1 heterocycles. The van der Waals surface area contributed by atoms with Gasteiger partial charge >= 0.3 is 0 Å². The molecule has 5 nitrogen and oxygen atoms in total. The summed E-state index contributed by atoms with van der Waals surface area (Å²) >= 11 is 6.11. The van der Waals surface area contributed by atoms with Crippen LogP contribution in [0.5, 0.6) is 0 Å². The van der Waals surface area contributed by atoms with Gasteiger partial charge in [0, 0.05) is 52.0 Å². The minimum atomic E-state index is -0.891. The van der Waals surface area contributed by atoms with Crippen molar-refractivity contribution in [1.82, 2.24) is 4.90 Å². The Morgan fingerprint density at radius 1 is 0.848 bits per heavy atom. The number of β-amino-alcohol motifs (C(OH)–C–C–N with tert-alkyl or cyclic N) is 1. The van der Waals surface area contributed by atoms with E-state index in [0.717, 1.165) is 61.9 Å². The van der Waals surface area contributed by atoms with Gasteiger partial charge in [-0.05, 0) is 92.7 Å². The number of hydrogen-bond acceptors (Lipinski definition) is 5. The van der Waals surface area contributed by atoms with Gasteiger partial charge < -0.3 is 20.2 Å². The van der Waals surface area contributed by atoms with Crippen molar-refractivity contribution in [2.24, 2.45) is 33.5 Å². The Kier molecular flexibility index (Phi) is 6.99. The normalized spacial score (nSPS) is 42.6. The van der Waals surface area contributed by atoms with Gasteiger partial charge in [0.1, 0.15) is 0 Å². The van der Waals surface area contributed by atoms with Crippen LogP contribution >= 0.6 is 11.6 Å². The van der Waals surface area contributed by atoms with Gasteiger partial charge in [0.05, 0.1) is 17.3 Å². The Morgan fingerprint density at radius 3 is 2.22 bits per heavy atom. The first-order chi connectivity index (χ1) is 21.9. The number of piperidine rings is 1. The molecular formula is C40H48ClNO4. The molecule has 0 aromatic heterocycles. The number of allylic oxidation sites excluding steroid dienone is 4. The second kappa shape index (κ2) is 10.4. The average Bonchev–Trinajstić information content (AvgIpc) is 3.32. The first-order valence-corrected chi connectivity index (χ1v) is 17.9. The molecule has 3 N–H and O–H groups in total. The van der Waals surface area contributed by atoms with Crippen molar-refractivity contribution in [3.8, 4) is 0 Å². The molecule has 0 amide bonds. The lowest BCUT2D eigenvalue weighted by molar-refractivity contribution is -0.178. The van der Waals surface area contributed by atoms with Crippen LogP contribution in [0, 0.1) is 33.5 Å². The van der Waals surface area contributed by atoms with Crippen LogP contribution in [0.1, 0.15) is 87.6 Å². The second-order valence-corrected chi connectivity index (χ2v) is 16.8. The van der Waals surface area contributed by atoms with E-state index in [1.54, 1.807) is 0 Å². The molecule has 4 fully saturated rings. The zero-order valence-electron chi connectivity index (χ0n) is 27.2. The maximum Gasteiger partial charge on any atom is 0.189 e. The van der Waals surface area contributed by atoms with Crippen LogP contribution in [-0.2, 0) is 5.60 Å². The minimum absolute atomic E-state index is 0.0392. The number of nitrogens with zero attached hydrogens (tertiary/aromatic N) is 1. The lowest BCUT2D eigenvalue weighted by Gasteiger charge is -2.71. The van der Waals surface area contributed by atoms with E-state index < -0.39 is 16.6 Å². The molecule has 1 saturated heterocycles. The smallest absolute Gasteiger partial charge is 0.189 e. The Hall–Kier alpha value is -2.28. The summed E-state index contributed by atoms with van der Waals surface area (Å²) in [6, 6.07) is 17.2. The van der Waals surface area contributed by atoms with Crippen LogP contribution in [0.15, 0.2) is 78.4 Å². The number of halogens is 1. The fourth-order valence-electron chi connectivity index (χ4n) is 11.8. The van der Waals surface area contributed by atoms with Crippen molar-refractivity contribution >= 4 is 17.4 Å². The molecule has 244 valence electrons. The summed E-state index contributed by atoms with van der Waals surface area (Å²) in [5.41, 5.74) is -0.415. The van der Waals surface area contributed by atoms with Crippen LogP contribution in [-0.4, -0.2) is 57.3 Å². The molecule has 9 rings (SSSR count). The summed E-state index contributed by atoms with van der Waals surface area (Å²) < 4.78 is 0. The summed E-state index contributed by atoms with van der Waals surface area (Å²) in [7, 11) is 0. The van der Waals surface area contributed by atoms with Gasteiger partial charge in [0.25, 0.3) is 0 Å². The zero-order chi connectivity index (χ0) is 32.2. The Morgan fingerprint density at radius 2 is 1.50 bits per heavy atom. The highest BCUT2D eigenvalue weighted by atomic mass is 35.5. The van der Waals surface area contributed by atoms with Crippen molar-refractivity contribution < 1.29 is 20.1 Å². The van der Waals surface area contributed by atoms with Crippen LogP contribution in [0.2, 0.25) is 5.02 Å². The third-order valence-corrected chi connectivity index (χ3v) is 14.8. The standard InChI is InChI=1S/C40H48ClNO4/c1-35-15-12-30(43)24-37(35)18-19-40(31(25-37)34(44)27-6-4-3-5-7-27)32(35)13-16-36(2)33(40)14-17-39(36,46)26-42-22-20-38(45,21-23-42)28-8-10-29(41)11-9-28/h3-11,18-19,25,30,32-33,43,45-46H,12-17,20-24,26H2,1-2H3/t30?,32-,33-,35-,36+,37+,39-,40-/m1/s1. The predicted molar refractivity (Wildman–Crippen MR) is 180 cm³/mol. The summed E-state index contributed by atoms with van der Waals surface area (Å²) in [6.45, 7) is 6.76. The highest BCUT2D eigenvalue weighted by Gasteiger charge is 2.74. The second-order valence-electron chi connectivity index (χ2n) is 16.3. The maximum atomic E-state index is 14.6. The number of aliphatic hydroxyl groups excluding tert-OH is 1. The number of benzene rings is 2. The molecule has 2 aromatic carbocycles. The lowest BCUT2D eigenvalue weighted by Crippen LogP contribution is -2.67. The summed E-state index contributed by atoms with van der Waals surface area (Å²) in [4.78, 5) is 17.0.